The van der Waals surface area contributed by atoms with Gasteiger partial charge in [-0.05, 0) is 42.3 Å². The van der Waals surface area contributed by atoms with Crippen LogP contribution in [0.15, 0.2) is 42.6 Å². The molecule has 1 aromatic carbocycles. The summed E-state index contributed by atoms with van der Waals surface area (Å²) >= 11 is 7.63. The lowest BCUT2D eigenvalue weighted by molar-refractivity contribution is 0.814. The van der Waals surface area contributed by atoms with Crippen molar-refractivity contribution in [3.8, 4) is 0 Å². The third kappa shape index (κ3) is 2.68. The Morgan fingerprint density at radius 1 is 1.21 bits per heavy atom. The molecule has 2 heterocycles. The van der Waals surface area contributed by atoms with Crippen LogP contribution in [0.5, 0.6) is 0 Å². The smallest absolute Gasteiger partial charge is 0.0931 e. The van der Waals surface area contributed by atoms with Crippen LogP contribution in [0.2, 0.25) is 4.34 Å². The number of aromatic nitrogens is 1. The van der Waals surface area contributed by atoms with Gasteiger partial charge in [-0.2, -0.15) is 0 Å². The number of hydrogen-bond acceptors (Lipinski definition) is 2. The van der Waals surface area contributed by atoms with Gasteiger partial charge in [-0.3, -0.25) is 0 Å². The molecule has 0 bridgehead atoms. The van der Waals surface area contributed by atoms with E-state index in [2.05, 4.69) is 46.4 Å². The van der Waals surface area contributed by atoms with Crippen molar-refractivity contribution in [3.63, 3.8) is 0 Å². The fourth-order valence-electron chi connectivity index (χ4n) is 2.29. The Bertz CT molecular complexity index is 699. The molecule has 2 aromatic heterocycles. The fourth-order valence-corrected chi connectivity index (χ4v) is 3.37. The van der Waals surface area contributed by atoms with Crippen molar-refractivity contribution < 1.29 is 0 Å². The lowest BCUT2D eigenvalue weighted by atomic mass is 10.1. The first-order chi connectivity index (χ1) is 9.26. The van der Waals surface area contributed by atoms with Crippen LogP contribution in [0.25, 0.3) is 10.9 Å². The van der Waals surface area contributed by atoms with Crippen LogP contribution in [-0.4, -0.2) is 11.6 Å². The van der Waals surface area contributed by atoms with E-state index in [1.807, 2.05) is 13.1 Å². The first-order valence-corrected chi connectivity index (χ1v) is 7.42. The zero-order valence-electron chi connectivity index (χ0n) is 10.7. The first-order valence-electron chi connectivity index (χ1n) is 6.23. The average molecular weight is 291 g/mol. The Balaban J connectivity index is 1.96. The van der Waals surface area contributed by atoms with Gasteiger partial charge in [0.05, 0.1) is 10.9 Å². The maximum Gasteiger partial charge on any atom is 0.0931 e. The van der Waals surface area contributed by atoms with E-state index in [-0.39, 0.29) is 0 Å². The molecule has 1 N–H and O–H groups in total. The lowest BCUT2D eigenvalue weighted by Gasteiger charge is -2.05. The summed E-state index contributed by atoms with van der Waals surface area (Å²) in [6, 6.07) is 12.8. The Labute approximate surface area is 121 Å². The number of halogens is 1. The molecule has 3 aromatic rings. The minimum Gasteiger partial charge on any atom is -0.342 e. The topological polar surface area (TPSA) is 17.0 Å². The van der Waals surface area contributed by atoms with Crippen molar-refractivity contribution in [2.45, 2.75) is 13.1 Å². The van der Waals surface area contributed by atoms with Crippen LogP contribution in [-0.2, 0) is 13.1 Å². The van der Waals surface area contributed by atoms with Gasteiger partial charge in [0, 0.05) is 23.1 Å². The summed E-state index contributed by atoms with van der Waals surface area (Å²) in [6.45, 7) is 1.77. The number of hydrogen-bond donors (Lipinski definition) is 1. The molecule has 0 aliphatic rings. The standard InChI is InChI=1S/C15H15ClN2S/c1-17-9-11-2-3-12-6-7-18(14(12)8-11)10-13-4-5-15(16)19-13/h2-8,17H,9-10H2,1H3. The average Bonchev–Trinajstić information content (AvgIpc) is 2.98. The zero-order chi connectivity index (χ0) is 13.2. The minimum atomic E-state index is 0.849. The highest BCUT2D eigenvalue weighted by atomic mass is 35.5. The van der Waals surface area contributed by atoms with E-state index in [0.29, 0.717) is 0 Å². The predicted molar refractivity (Wildman–Crippen MR) is 83.1 cm³/mol. The Morgan fingerprint density at radius 3 is 2.84 bits per heavy atom. The largest absolute Gasteiger partial charge is 0.342 e. The minimum absolute atomic E-state index is 0.849. The second-order valence-corrected chi connectivity index (χ2v) is 6.37. The molecule has 19 heavy (non-hydrogen) atoms. The third-order valence-corrected chi connectivity index (χ3v) is 4.39. The van der Waals surface area contributed by atoms with Gasteiger partial charge in [0.15, 0.2) is 0 Å². The summed E-state index contributed by atoms with van der Waals surface area (Å²) in [6.07, 6.45) is 2.14. The molecule has 0 saturated heterocycles. The van der Waals surface area contributed by atoms with Crippen molar-refractivity contribution >= 4 is 33.8 Å². The molecule has 0 saturated carbocycles. The Kier molecular flexibility index (Phi) is 3.60. The summed E-state index contributed by atoms with van der Waals surface area (Å²) in [5, 5.41) is 4.47. The number of thiophene rings is 1. The first kappa shape index (κ1) is 12.7. The van der Waals surface area contributed by atoms with Crippen LogP contribution < -0.4 is 5.32 Å². The Hall–Kier alpha value is -1.29. The fraction of sp³-hybridized carbons (Fsp3) is 0.200. The van der Waals surface area contributed by atoms with Crippen LogP contribution in [0.1, 0.15) is 10.4 Å². The quantitative estimate of drug-likeness (QED) is 0.765. The number of fused-ring (bicyclic) bond motifs is 1. The van der Waals surface area contributed by atoms with Gasteiger partial charge in [-0.1, -0.05) is 23.7 Å². The summed E-state index contributed by atoms with van der Waals surface area (Å²) < 4.78 is 3.12. The molecule has 98 valence electrons. The molecule has 0 aliphatic carbocycles. The monoisotopic (exact) mass is 290 g/mol. The van der Waals surface area contributed by atoms with E-state index >= 15 is 0 Å². The molecule has 2 nitrogen and oxygen atoms in total. The van der Waals surface area contributed by atoms with Gasteiger partial charge in [-0.15, -0.1) is 11.3 Å². The molecule has 0 fully saturated rings. The van der Waals surface area contributed by atoms with Crippen molar-refractivity contribution in [1.29, 1.82) is 0 Å². The van der Waals surface area contributed by atoms with Crippen LogP contribution in [0.4, 0.5) is 0 Å². The van der Waals surface area contributed by atoms with E-state index in [9.17, 15) is 0 Å². The number of benzene rings is 1. The highest BCUT2D eigenvalue weighted by Crippen LogP contribution is 2.24. The summed E-state index contributed by atoms with van der Waals surface area (Å²) in [5.74, 6) is 0. The summed E-state index contributed by atoms with van der Waals surface area (Å²) in [4.78, 5) is 1.28. The highest BCUT2D eigenvalue weighted by molar-refractivity contribution is 7.16. The van der Waals surface area contributed by atoms with Gasteiger partial charge in [0.25, 0.3) is 0 Å². The zero-order valence-corrected chi connectivity index (χ0v) is 12.3. The maximum absolute atomic E-state index is 5.99. The lowest BCUT2D eigenvalue weighted by Crippen LogP contribution is -2.05. The second kappa shape index (κ2) is 5.37. The van der Waals surface area contributed by atoms with Gasteiger partial charge in [0.1, 0.15) is 0 Å². The van der Waals surface area contributed by atoms with Crippen LogP contribution in [0, 0.1) is 0 Å². The summed E-state index contributed by atoms with van der Waals surface area (Å²) in [5.41, 5.74) is 2.58. The van der Waals surface area contributed by atoms with E-state index in [1.54, 1.807) is 11.3 Å². The molecule has 0 unspecified atom stereocenters. The SMILES string of the molecule is CNCc1ccc2ccn(Cc3ccc(Cl)s3)c2c1. The molecular formula is C15H15ClN2S. The van der Waals surface area contributed by atoms with Gasteiger partial charge in [-0.25, -0.2) is 0 Å². The van der Waals surface area contributed by atoms with E-state index < -0.39 is 0 Å². The van der Waals surface area contributed by atoms with E-state index in [4.69, 9.17) is 11.6 Å². The predicted octanol–water partition coefficient (Wildman–Crippen LogP) is 4.12. The molecule has 0 spiro atoms. The number of rotatable bonds is 4. The molecule has 0 amide bonds. The molecule has 4 heteroatoms. The molecule has 0 atom stereocenters. The van der Waals surface area contributed by atoms with Crippen molar-refractivity contribution in [3.05, 3.63) is 57.4 Å². The van der Waals surface area contributed by atoms with Gasteiger partial charge >= 0.3 is 0 Å². The van der Waals surface area contributed by atoms with Gasteiger partial charge < -0.3 is 9.88 Å². The maximum atomic E-state index is 5.99. The molecular weight excluding hydrogens is 276 g/mol. The number of nitrogens with zero attached hydrogens (tertiary/aromatic N) is 1. The van der Waals surface area contributed by atoms with Crippen molar-refractivity contribution in [2.24, 2.45) is 0 Å². The van der Waals surface area contributed by atoms with Crippen LogP contribution in [0.3, 0.4) is 0 Å². The van der Waals surface area contributed by atoms with E-state index in [0.717, 1.165) is 17.4 Å². The normalized spacial score (nSPS) is 11.3. The van der Waals surface area contributed by atoms with Gasteiger partial charge in [0.2, 0.25) is 0 Å². The molecule has 0 aliphatic heterocycles. The highest BCUT2D eigenvalue weighted by Gasteiger charge is 2.04. The molecule has 0 radical (unpaired) electrons. The molecule has 3 rings (SSSR count). The third-order valence-electron chi connectivity index (χ3n) is 3.17. The summed E-state index contributed by atoms with van der Waals surface area (Å²) in [7, 11) is 1.97. The number of nitrogens with one attached hydrogen (secondary N) is 1. The van der Waals surface area contributed by atoms with Crippen molar-refractivity contribution in [1.82, 2.24) is 9.88 Å². The van der Waals surface area contributed by atoms with Crippen molar-refractivity contribution in [2.75, 3.05) is 7.05 Å². The second-order valence-electron chi connectivity index (χ2n) is 4.57. The van der Waals surface area contributed by atoms with E-state index in [1.165, 1.54) is 21.3 Å². The Morgan fingerprint density at radius 2 is 2.11 bits per heavy atom. The van der Waals surface area contributed by atoms with Crippen LogP contribution >= 0.6 is 22.9 Å².